The average Bonchev–Trinajstić information content (AvgIpc) is 2.96. The van der Waals surface area contributed by atoms with Crippen LogP contribution < -0.4 is 0 Å². The Morgan fingerprint density at radius 3 is 2.74 bits per heavy atom. The van der Waals surface area contributed by atoms with Crippen LogP contribution in [0.3, 0.4) is 0 Å². The number of nitrogens with zero attached hydrogens (tertiary/aromatic N) is 2. The van der Waals surface area contributed by atoms with Crippen LogP contribution in [0.4, 0.5) is 0 Å². The van der Waals surface area contributed by atoms with E-state index < -0.39 is 0 Å². The SMILES string of the molecule is CN(CCc1nccs1)C(=O)CCc1ccccc1. The lowest BCUT2D eigenvalue weighted by atomic mass is 10.1. The van der Waals surface area contributed by atoms with E-state index in [1.54, 1.807) is 22.4 Å². The lowest BCUT2D eigenvalue weighted by Gasteiger charge is -2.16. The van der Waals surface area contributed by atoms with E-state index in [0.29, 0.717) is 6.42 Å². The van der Waals surface area contributed by atoms with Crippen molar-refractivity contribution < 1.29 is 4.79 Å². The molecule has 1 heterocycles. The van der Waals surface area contributed by atoms with Gasteiger partial charge in [0.15, 0.2) is 0 Å². The third-order valence-corrected chi connectivity index (χ3v) is 3.88. The van der Waals surface area contributed by atoms with Gasteiger partial charge in [-0.2, -0.15) is 0 Å². The second kappa shape index (κ2) is 7.04. The molecule has 0 unspecified atom stereocenters. The number of benzene rings is 1. The summed E-state index contributed by atoms with van der Waals surface area (Å²) in [5.74, 6) is 0.195. The zero-order valence-electron chi connectivity index (χ0n) is 11.1. The molecule has 0 aliphatic carbocycles. The standard InChI is InChI=1S/C15H18N2OS/c1-17(11-9-14-16-10-12-19-14)15(18)8-7-13-5-3-2-4-6-13/h2-6,10,12H,7-9,11H2,1H3. The van der Waals surface area contributed by atoms with Gasteiger partial charge in [-0.05, 0) is 12.0 Å². The zero-order valence-corrected chi connectivity index (χ0v) is 11.9. The van der Waals surface area contributed by atoms with Crippen molar-refractivity contribution in [2.75, 3.05) is 13.6 Å². The summed E-state index contributed by atoms with van der Waals surface area (Å²) in [7, 11) is 1.86. The first-order valence-corrected chi connectivity index (χ1v) is 7.30. The predicted molar refractivity (Wildman–Crippen MR) is 78.2 cm³/mol. The number of hydrogen-bond donors (Lipinski definition) is 0. The number of aryl methyl sites for hydroxylation is 1. The number of hydrogen-bond acceptors (Lipinski definition) is 3. The van der Waals surface area contributed by atoms with Gasteiger partial charge in [-0.3, -0.25) is 4.79 Å². The van der Waals surface area contributed by atoms with Gasteiger partial charge in [0.25, 0.3) is 0 Å². The van der Waals surface area contributed by atoms with Crippen LogP contribution in [0.15, 0.2) is 41.9 Å². The van der Waals surface area contributed by atoms with E-state index in [-0.39, 0.29) is 5.91 Å². The summed E-state index contributed by atoms with van der Waals surface area (Å²) < 4.78 is 0. The van der Waals surface area contributed by atoms with Crippen LogP contribution >= 0.6 is 11.3 Å². The van der Waals surface area contributed by atoms with E-state index in [0.717, 1.165) is 24.4 Å². The van der Waals surface area contributed by atoms with Gasteiger partial charge in [0.2, 0.25) is 5.91 Å². The highest BCUT2D eigenvalue weighted by Gasteiger charge is 2.09. The highest BCUT2D eigenvalue weighted by Crippen LogP contribution is 2.07. The molecule has 0 aliphatic heterocycles. The second-order valence-electron chi connectivity index (χ2n) is 4.48. The van der Waals surface area contributed by atoms with Crippen molar-refractivity contribution in [1.29, 1.82) is 0 Å². The fourth-order valence-corrected chi connectivity index (χ4v) is 2.46. The minimum Gasteiger partial charge on any atom is -0.345 e. The molecule has 100 valence electrons. The number of carbonyl (C=O) groups excluding carboxylic acids is 1. The number of carbonyl (C=O) groups is 1. The van der Waals surface area contributed by atoms with E-state index in [1.807, 2.05) is 30.6 Å². The van der Waals surface area contributed by atoms with Gasteiger partial charge in [-0.15, -0.1) is 11.3 Å². The van der Waals surface area contributed by atoms with Crippen molar-refractivity contribution in [3.63, 3.8) is 0 Å². The Bertz CT molecular complexity index is 496. The monoisotopic (exact) mass is 274 g/mol. The molecule has 0 atom stereocenters. The molecule has 2 aromatic rings. The second-order valence-corrected chi connectivity index (χ2v) is 5.46. The summed E-state index contributed by atoms with van der Waals surface area (Å²) in [6.07, 6.45) is 4.02. The van der Waals surface area contributed by atoms with Gasteiger partial charge in [0, 0.05) is 38.0 Å². The minimum absolute atomic E-state index is 0.195. The third kappa shape index (κ3) is 4.48. The van der Waals surface area contributed by atoms with Gasteiger partial charge in [0.05, 0.1) is 5.01 Å². The maximum Gasteiger partial charge on any atom is 0.222 e. The molecular formula is C15H18N2OS. The van der Waals surface area contributed by atoms with E-state index >= 15 is 0 Å². The van der Waals surface area contributed by atoms with Crippen molar-refractivity contribution in [2.45, 2.75) is 19.3 Å². The molecule has 3 nitrogen and oxygen atoms in total. The number of amides is 1. The van der Waals surface area contributed by atoms with Crippen molar-refractivity contribution >= 4 is 17.2 Å². The molecule has 0 radical (unpaired) electrons. The highest BCUT2D eigenvalue weighted by molar-refractivity contribution is 7.09. The molecule has 1 aromatic heterocycles. The molecule has 0 bridgehead atoms. The van der Waals surface area contributed by atoms with Crippen LogP contribution in [0.1, 0.15) is 17.0 Å². The smallest absolute Gasteiger partial charge is 0.222 e. The molecule has 0 saturated carbocycles. The summed E-state index contributed by atoms with van der Waals surface area (Å²) in [6.45, 7) is 0.737. The summed E-state index contributed by atoms with van der Waals surface area (Å²) in [6, 6.07) is 10.1. The Balaban J connectivity index is 1.73. The van der Waals surface area contributed by atoms with E-state index in [4.69, 9.17) is 0 Å². The first-order valence-electron chi connectivity index (χ1n) is 6.42. The largest absolute Gasteiger partial charge is 0.345 e. The Morgan fingerprint density at radius 1 is 1.26 bits per heavy atom. The molecule has 0 N–H and O–H groups in total. The third-order valence-electron chi connectivity index (χ3n) is 3.04. The number of rotatable bonds is 6. The van der Waals surface area contributed by atoms with Gasteiger partial charge in [-0.1, -0.05) is 30.3 Å². The summed E-state index contributed by atoms with van der Waals surface area (Å²) >= 11 is 1.64. The number of thiazole rings is 1. The summed E-state index contributed by atoms with van der Waals surface area (Å²) in [4.78, 5) is 18.0. The molecule has 1 amide bonds. The van der Waals surface area contributed by atoms with Crippen LogP contribution in [0.5, 0.6) is 0 Å². The first-order chi connectivity index (χ1) is 9.25. The maximum atomic E-state index is 12.0. The summed E-state index contributed by atoms with van der Waals surface area (Å²) in [5, 5.41) is 3.05. The predicted octanol–water partition coefficient (Wildman–Crippen LogP) is 2.78. The molecule has 2 rings (SSSR count). The van der Waals surface area contributed by atoms with Crippen LogP contribution in [0.25, 0.3) is 0 Å². The minimum atomic E-state index is 0.195. The summed E-state index contributed by atoms with van der Waals surface area (Å²) in [5.41, 5.74) is 1.21. The highest BCUT2D eigenvalue weighted by atomic mass is 32.1. The topological polar surface area (TPSA) is 33.2 Å². The molecule has 0 spiro atoms. The fraction of sp³-hybridized carbons (Fsp3) is 0.333. The molecule has 1 aromatic carbocycles. The van der Waals surface area contributed by atoms with Crippen LogP contribution in [0, 0.1) is 0 Å². The number of likely N-dealkylation sites (N-methyl/N-ethyl adjacent to an activating group) is 1. The molecule has 0 fully saturated rings. The van der Waals surface area contributed by atoms with E-state index in [9.17, 15) is 4.79 Å². The first kappa shape index (κ1) is 13.7. The fourth-order valence-electron chi connectivity index (χ4n) is 1.85. The van der Waals surface area contributed by atoms with Crippen molar-refractivity contribution in [1.82, 2.24) is 9.88 Å². The lowest BCUT2D eigenvalue weighted by molar-refractivity contribution is -0.129. The van der Waals surface area contributed by atoms with Crippen LogP contribution in [-0.2, 0) is 17.6 Å². The molecule has 4 heteroatoms. The van der Waals surface area contributed by atoms with Gasteiger partial charge in [0.1, 0.15) is 0 Å². The molecular weight excluding hydrogens is 256 g/mol. The number of aromatic nitrogens is 1. The van der Waals surface area contributed by atoms with Gasteiger partial charge in [-0.25, -0.2) is 4.98 Å². The van der Waals surface area contributed by atoms with Crippen LogP contribution in [0.2, 0.25) is 0 Å². The van der Waals surface area contributed by atoms with E-state index in [2.05, 4.69) is 17.1 Å². The molecule has 0 aliphatic rings. The quantitative estimate of drug-likeness (QED) is 0.811. The normalized spacial score (nSPS) is 10.4. The lowest BCUT2D eigenvalue weighted by Crippen LogP contribution is -2.28. The van der Waals surface area contributed by atoms with Gasteiger partial charge >= 0.3 is 0 Å². The van der Waals surface area contributed by atoms with Crippen LogP contribution in [-0.4, -0.2) is 29.4 Å². The molecule has 19 heavy (non-hydrogen) atoms. The van der Waals surface area contributed by atoms with E-state index in [1.165, 1.54) is 5.56 Å². The van der Waals surface area contributed by atoms with Crippen molar-refractivity contribution in [3.05, 3.63) is 52.5 Å². The van der Waals surface area contributed by atoms with Gasteiger partial charge < -0.3 is 4.90 Å². The van der Waals surface area contributed by atoms with Crippen molar-refractivity contribution in [3.8, 4) is 0 Å². The Labute approximate surface area is 117 Å². The Kier molecular flexibility index (Phi) is 5.10. The Hall–Kier alpha value is -1.68. The maximum absolute atomic E-state index is 12.0. The van der Waals surface area contributed by atoms with Crippen molar-refractivity contribution in [2.24, 2.45) is 0 Å². The average molecular weight is 274 g/mol. The zero-order chi connectivity index (χ0) is 13.5. The molecule has 0 saturated heterocycles. The Morgan fingerprint density at radius 2 is 2.05 bits per heavy atom.